The van der Waals surface area contributed by atoms with Gasteiger partial charge in [-0.2, -0.15) is 0 Å². The summed E-state index contributed by atoms with van der Waals surface area (Å²) in [5.74, 6) is -0.0737. The molecule has 5 heteroatoms. The van der Waals surface area contributed by atoms with E-state index in [0.717, 1.165) is 0 Å². The number of ether oxygens (including phenoxy) is 3. The zero-order valence-electron chi connectivity index (χ0n) is 11.4. The van der Waals surface area contributed by atoms with Gasteiger partial charge in [-0.1, -0.05) is 6.08 Å². The lowest BCUT2D eigenvalue weighted by Crippen LogP contribution is -2.31. The Hall–Kier alpha value is -1.62. The molecule has 2 unspecified atom stereocenters. The van der Waals surface area contributed by atoms with Crippen LogP contribution in [-0.4, -0.2) is 32.3 Å². The van der Waals surface area contributed by atoms with Crippen molar-refractivity contribution in [3.05, 3.63) is 24.5 Å². The van der Waals surface area contributed by atoms with E-state index in [4.69, 9.17) is 14.2 Å². The molecule has 0 aromatic carbocycles. The average molecular weight is 268 g/mol. The van der Waals surface area contributed by atoms with Crippen LogP contribution in [0, 0.1) is 11.8 Å². The van der Waals surface area contributed by atoms with E-state index in [1.807, 2.05) is 0 Å². The van der Waals surface area contributed by atoms with Gasteiger partial charge in [-0.3, -0.25) is 9.59 Å². The van der Waals surface area contributed by atoms with Crippen molar-refractivity contribution in [2.75, 3.05) is 20.5 Å². The van der Waals surface area contributed by atoms with Crippen LogP contribution in [0.2, 0.25) is 0 Å². The SMILES string of the molecule is C=CCC1C(=O)C=C(OCOC)CC1COC(C)=O. The lowest BCUT2D eigenvalue weighted by atomic mass is 9.80. The smallest absolute Gasteiger partial charge is 0.302 e. The van der Waals surface area contributed by atoms with Gasteiger partial charge in [0.05, 0.1) is 6.61 Å². The van der Waals surface area contributed by atoms with E-state index >= 15 is 0 Å². The van der Waals surface area contributed by atoms with Gasteiger partial charge < -0.3 is 14.2 Å². The highest BCUT2D eigenvalue weighted by molar-refractivity contribution is 5.93. The molecular weight excluding hydrogens is 248 g/mol. The van der Waals surface area contributed by atoms with Crippen LogP contribution in [0.4, 0.5) is 0 Å². The second-order valence-corrected chi connectivity index (χ2v) is 4.46. The van der Waals surface area contributed by atoms with Crippen LogP contribution in [0.5, 0.6) is 0 Å². The van der Waals surface area contributed by atoms with Gasteiger partial charge in [0.15, 0.2) is 12.6 Å². The Bertz CT molecular complexity index is 372. The molecule has 0 aromatic rings. The first-order chi connectivity index (χ1) is 9.08. The Labute approximate surface area is 113 Å². The third kappa shape index (κ3) is 4.87. The molecule has 0 heterocycles. The summed E-state index contributed by atoms with van der Waals surface area (Å²) >= 11 is 0. The van der Waals surface area contributed by atoms with Crippen molar-refractivity contribution < 1.29 is 23.8 Å². The lowest BCUT2D eigenvalue weighted by Gasteiger charge is -2.28. The highest BCUT2D eigenvalue weighted by Crippen LogP contribution is 2.31. The predicted octanol–water partition coefficient (Wildman–Crippen LogP) is 1.84. The second-order valence-electron chi connectivity index (χ2n) is 4.46. The van der Waals surface area contributed by atoms with Crippen molar-refractivity contribution >= 4 is 11.8 Å². The normalized spacial score (nSPS) is 22.6. The maximum absolute atomic E-state index is 12.0. The van der Waals surface area contributed by atoms with Crippen LogP contribution < -0.4 is 0 Å². The minimum Gasteiger partial charge on any atom is -0.472 e. The molecule has 0 fully saturated rings. The van der Waals surface area contributed by atoms with E-state index < -0.39 is 0 Å². The molecule has 2 atom stereocenters. The Morgan fingerprint density at radius 3 is 2.89 bits per heavy atom. The van der Waals surface area contributed by atoms with Crippen molar-refractivity contribution in [3.63, 3.8) is 0 Å². The third-order valence-electron chi connectivity index (χ3n) is 2.98. The summed E-state index contributed by atoms with van der Waals surface area (Å²) in [6.07, 6.45) is 4.33. The van der Waals surface area contributed by atoms with Gasteiger partial charge in [0.2, 0.25) is 0 Å². The first-order valence-electron chi connectivity index (χ1n) is 6.18. The van der Waals surface area contributed by atoms with Gasteiger partial charge in [-0.25, -0.2) is 0 Å². The van der Waals surface area contributed by atoms with E-state index in [1.54, 1.807) is 6.08 Å². The van der Waals surface area contributed by atoms with Gasteiger partial charge in [0.1, 0.15) is 5.76 Å². The van der Waals surface area contributed by atoms with Crippen molar-refractivity contribution in [3.8, 4) is 0 Å². The quantitative estimate of drug-likeness (QED) is 0.400. The Kier molecular flexibility index (Phi) is 6.29. The zero-order valence-corrected chi connectivity index (χ0v) is 11.4. The molecule has 0 amide bonds. The first kappa shape index (κ1) is 15.4. The van der Waals surface area contributed by atoms with E-state index in [-0.39, 0.29) is 37.0 Å². The van der Waals surface area contributed by atoms with Gasteiger partial charge in [-0.05, 0) is 6.42 Å². The number of allylic oxidation sites excluding steroid dienone is 3. The Morgan fingerprint density at radius 1 is 1.58 bits per heavy atom. The van der Waals surface area contributed by atoms with E-state index in [1.165, 1.54) is 20.1 Å². The van der Waals surface area contributed by atoms with Gasteiger partial charge >= 0.3 is 5.97 Å². The molecule has 0 N–H and O–H groups in total. The Morgan fingerprint density at radius 2 is 2.32 bits per heavy atom. The number of hydrogen-bond acceptors (Lipinski definition) is 5. The molecule has 19 heavy (non-hydrogen) atoms. The molecule has 0 aliphatic heterocycles. The van der Waals surface area contributed by atoms with Crippen molar-refractivity contribution in [2.45, 2.75) is 19.8 Å². The molecule has 1 rings (SSSR count). The standard InChI is InChI=1S/C14H20O5/c1-4-5-13-11(8-18-10(2)15)6-12(7-14(13)16)19-9-17-3/h4,7,11,13H,1,5-6,8-9H2,2-3H3. The number of methoxy groups -OCH3 is 1. The zero-order chi connectivity index (χ0) is 14.3. The molecule has 5 nitrogen and oxygen atoms in total. The van der Waals surface area contributed by atoms with Crippen LogP contribution >= 0.6 is 0 Å². The summed E-state index contributed by atoms with van der Waals surface area (Å²) in [5, 5.41) is 0. The monoisotopic (exact) mass is 268 g/mol. The van der Waals surface area contributed by atoms with Crippen LogP contribution in [-0.2, 0) is 23.8 Å². The highest BCUT2D eigenvalue weighted by atomic mass is 16.7. The van der Waals surface area contributed by atoms with Gasteiger partial charge in [-0.15, -0.1) is 6.58 Å². The van der Waals surface area contributed by atoms with E-state index in [2.05, 4.69) is 6.58 Å². The Balaban J connectivity index is 2.73. The number of carbonyl (C=O) groups excluding carboxylic acids is 2. The van der Waals surface area contributed by atoms with Crippen LogP contribution in [0.25, 0.3) is 0 Å². The average Bonchev–Trinajstić information content (AvgIpc) is 2.37. The van der Waals surface area contributed by atoms with Crippen molar-refractivity contribution in [2.24, 2.45) is 11.8 Å². The number of hydrogen-bond donors (Lipinski definition) is 0. The molecule has 0 saturated heterocycles. The summed E-state index contributed by atoms with van der Waals surface area (Å²) < 4.78 is 15.1. The summed E-state index contributed by atoms with van der Waals surface area (Å²) in [4.78, 5) is 22.9. The predicted molar refractivity (Wildman–Crippen MR) is 69.1 cm³/mol. The fourth-order valence-electron chi connectivity index (χ4n) is 2.08. The molecular formula is C14H20O5. The first-order valence-corrected chi connectivity index (χ1v) is 6.18. The summed E-state index contributed by atoms with van der Waals surface area (Å²) in [7, 11) is 1.52. The van der Waals surface area contributed by atoms with Crippen LogP contribution in [0.15, 0.2) is 24.5 Å². The molecule has 106 valence electrons. The van der Waals surface area contributed by atoms with E-state index in [0.29, 0.717) is 18.6 Å². The minimum atomic E-state index is -0.348. The lowest BCUT2D eigenvalue weighted by molar-refractivity contribution is -0.144. The molecule has 1 aliphatic rings. The van der Waals surface area contributed by atoms with Crippen molar-refractivity contribution in [1.29, 1.82) is 0 Å². The molecule has 0 bridgehead atoms. The van der Waals surface area contributed by atoms with Crippen molar-refractivity contribution in [1.82, 2.24) is 0 Å². The fraction of sp³-hybridized carbons (Fsp3) is 0.571. The number of rotatable bonds is 7. The number of carbonyl (C=O) groups is 2. The number of ketones is 1. The summed E-state index contributed by atoms with van der Waals surface area (Å²) in [6.45, 7) is 5.33. The van der Waals surface area contributed by atoms with Gasteiger partial charge in [0, 0.05) is 38.4 Å². The molecule has 0 saturated carbocycles. The molecule has 0 radical (unpaired) electrons. The topological polar surface area (TPSA) is 61.8 Å². The maximum Gasteiger partial charge on any atom is 0.302 e. The largest absolute Gasteiger partial charge is 0.472 e. The maximum atomic E-state index is 12.0. The molecule has 0 spiro atoms. The molecule has 1 aliphatic carbocycles. The molecule has 0 aromatic heterocycles. The van der Waals surface area contributed by atoms with E-state index in [9.17, 15) is 9.59 Å². The van der Waals surface area contributed by atoms with Crippen LogP contribution in [0.3, 0.4) is 0 Å². The third-order valence-corrected chi connectivity index (χ3v) is 2.98. The summed E-state index contributed by atoms with van der Waals surface area (Å²) in [5.41, 5.74) is 0. The fourth-order valence-corrected chi connectivity index (χ4v) is 2.08. The minimum absolute atomic E-state index is 0.0191. The number of esters is 1. The summed E-state index contributed by atoms with van der Waals surface area (Å²) in [6, 6.07) is 0. The highest BCUT2D eigenvalue weighted by Gasteiger charge is 2.32. The van der Waals surface area contributed by atoms with Gasteiger partial charge in [0.25, 0.3) is 0 Å². The van der Waals surface area contributed by atoms with Crippen LogP contribution in [0.1, 0.15) is 19.8 Å². The second kappa shape index (κ2) is 7.74.